The molecule has 0 aliphatic carbocycles. The van der Waals surface area contributed by atoms with Crippen LogP contribution in [0.5, 0.6) is 0 Å². The molecule has 8 heteroatoms. The lowest BCUT2D eigenvalue weighted by Gasteiger charge is -2.02. The maximum atomic E-state index is 10.9. The summed E-state index contributed by atoms with van der Waals surface area (Å²) in [6.07, 6.45) is 1.08. The molecule has 0 spiro atoms. The molecule has 0 atom stereocenters. The summed E-state index contributed by atoms with van der Waals surface area (Å²) in [6.45, 7) is 0. The van der Waals surface area contributed by atoms with Crippen LogP contribution in [0.4, 0.5) is 5.69 Å². The van der Waals surface area contributed by atoms with Crippen molar-refractivity contribution in [1.29, 1.82) is 0 Å². The van der Waals surface area contributed by atoms with Gasteiger partial charge in [0.1, 0.15) is 5.69 Å². The number of anilines is 1. The van der Waals surface area contributed by atoms with Crippen molar-refractivity contribution in [2.75, 3.05) is 11.8 Å². The van der Waals surface area contributed by atoms with E-state index in [-0.39, 0.29) is 11.4 Å². The van der Waals surface area contributed by atoms with E-state index in [1.165, 1.54) is 19.2 Å². The smallest absolute Gasteiger partial charge is 0.357 e. The van der Waals surface area contributed by atoms with E-state index in [9.17, 15) is 13.2 Å². The Kier molecular flexibility index (Phi) is 3.22. The standard InChI is InChI=1S/C7H8N2O5S/c1-14-7(10)6-3-2-5(4-8-6)9-15(11,12)13/h2-4,9H,1H3,(H,11,12,13). The van der Waals surface area contributed by atoms with Gasteiger partial charge in [-0.05, 0) is 12.1 Å². The molecular weight excluding hydrogens is 224 g/mol. The highest BCUT2D eigenvalue weighted by Gasteiger charge is 2.08. The van der Waals surface area contributed by atoms with Crippen LogP contribution in [0.3, 0.4) is 0 Å². The maximum absolute atomic E-state index is 10.9. The lowest BCUT2D eigenvalue weighted by molar-refractivity contribution is 0.0594. The molecule has 1 rings (SSSR count). The average Bonchev–Trinajstić information content (AvgIpc) is 2.15. The molecule has 1 aromatic rings. The summed E-state index contributed by atoms with van der Waals surface area (Å²) in [5.74, 6) is -0.631. The lowest BCUT2D eigenvalue weighted by Crippen LogP contribution is -2.11. The number of nitrogens with one attached hydrogen (secondary N) is 1. The van der Waals surface area contributed by atoms with Crippen molar-refractivity contribution in [3.05, 3.63) is 24.0 Å². The monoisotopic (exact) mass is 232 g/mol. The quantitative estimate of drug-likeness (QED) is 0.564. The van der Waals surface area contributed by atoms with Gasteiger partial charge in [-0.15, -0.1) is 0 Å². The molecule has 0 aliphatic heterocycles. The first-order chi connectivity index (χ1) is 6.92. The van der Waals surface area contributed by atoms with Gasteiger partial charge in [0.05, 0.1) is 19.0 Å². The van der Waals surface area contributed by atoms with Gasteiger partial charge in [-0.25, -0.2) is 9.78 Å². The highest BCUT2D eigenvalue weighted by atomic mass is 32.2. The first-order valence-corrected chi connectivity index (χ1v) is 5.16. The predicted octanol–water partition coefficient (Wildman–Crippen LogP) is 0.0829. The van der Waals surface area contributed by atoms with Gasteiger partial charge in [0.25, 0.3) is 0 Å². The van der Waals surface area contributed by atoms with Crippen LogP contribution in [-0.2, 0) is 15.0 Å². The Morgan fingerprint density at radius 3 is 2.60 bits per heavy atom. The lowest BCUT2D eigenvalue weighted by atomic mass is 10.3. The van der Waals surface area contributed by atoms with Crippen molar-refractivity contribution >= 4 is 22.0 Å². The largest absolute Gasteiger partial charge is 0.464 e. The van der Waals surface area contributed by atoms with Crippen molar-refractivity contribution in [3.8, 4) is 0 Å². The van der Waals surface area contributed by atoms with Crippen LogP contribution in [0.25, 0.3) is 0 Å². The molecular formula is C7H8N2O5S. The Hall–Kier alpha value is -1.67. The minimum Gasteiger partial charge on any atom is -0.464 e. The van der Waals surface area contributed by atoms with E-state index in [1.807, 2.05) is 0 Å². The van der Waals surface area contributed by atoms with Crippen molar-refractivity contribution in [2.45, 2.75) is 0 Å². The molecule has 0 amide bonds. The van der Waals surface area contributed by atoms with Crippen LogP contribution in [0, 0.1) is 0 Å². The number of pyridine rings is 1. The second kappa shape index (κ2) is 4.24. The first kappa shape index (κ1) is 11.4. The minimum atomic E-state index is -4.32. The van der Waals surface area contributed by atoms with Crippen LogP contribution in [0.15, 0.2) is 18.3 Å². The topological polar surface area (TPSA) is 106 Å². The molecule has 0 aliphatic rings. The van der Waals surface area contributed by atoms with Crippen molar-refractivity contribution in [2.24, 2.45) is 0 Å². The Bertz CT molecular complexity index is 453. The summed E-state index contributed by atoms with van der Waals surface area (Å²) in [6, 6.07) is 2.53. The summed E-state index contributed by atoms with van der Waals surface area (Å²) in [5, 5.41) is 0. The Balaban J connectivity index is 2.86. The number of hydrogen-bond donors (Lipinski definition) is 2. The van der Waals surface area contributed by atoms with Crippen molar-refractivity contribution in [3.63, 3.8) is 0 Å². The number of carbonyl (C=O) groups is 1. The zero-order chi connectivity index (χ0) is 11.5. The number of hydrogen-bond acceptors (Lipinski definition) is 5. The Morgan fingerprint density at radius 2 is 2.20 bits per heavy atom. The molecule has 1 heterocycles. The van der Waals surface area contributed by atoms with Crippen LogP contribution >= 0.6 is 0 Å². The number of rotatable bonds is 3. The van der Waals surface area contributed by atoms with Gasteiger partial charge >= 0.3 is 16.3 Å². The van der Waals surface area contributed by atoms with E-state index in [0.717, 1.165) is 6.20 Å². The van der Waals surface area contributed by atoms with Crippen molar-refractivity contribution < 1.29 is 22.5 Å². The van der Waals surface area contributed by atoms with Gasteiger partial charge < -0.3 is 4.74 Å². The van der Waals surface area contributed by atoms with E-state index in [2.05, 4.69) is 9.72 Å². The number of methoxy groups -OCH3 is 1. The van der Waals surface area contributed by atoms with Gasteiger partial charge in [-0.1, -0.05) is 0 Å². The fourth-order valence-electron chi connectivity index (χ4n) is 0.828. The molecule has 0 saturated carbocycles. The van der Waals surface area contributed by atoms with Crippen molar-refractivity contribution in [1.82, 2.24) is 4.98 Å². The molecule has 0 bridgehead atoms. The third-order valence-electron chi connectivity index (χ3n) is 1.40. The number of nitrogens with zero attached hydrogens (tertiary/aromatic N) is 1. The van der Waals surface area contributed by atoms with E-state index in [1.54, 1.807) is 4.72 Å². The number of carbonyl (C=O) groups excluding carboxylic acids is 1. The van der Waals surface area contributed by atoms with E-state index in [0.29, 0.717) is 0 Å². The Labute approximate surface area is 86.0 Å². The molecule has 0 aromatic carbocycles. The van der Waals surface area contributed by atoms with Gasteiger partial charge in [0.2, 0.25) is 0 Å². The summed E-state index contributed by atoms with van der Waals surface area (Å²) in [7, 11) is -3.12. The average molecular weight is 232 g/mol. The van der Waals surface area contributed by atoms with E-state index >= 15 is 0 Å². The maximum Gasteiger partial charge on any atom is 0.357 e. The number of esters is 1. The molecule has 15 heavy (non-hydrogen) atoms. The highest BCUT2D eigenvalue weighted by Crippen LogP contribution is 2.07. The fourth-order valence-corrected chi connectivity index (χ4v) is 1.25. The molecule has 7 nitrogen and oxygen atoms in total. The Morgan fingerprint density at radius 1 is 1.53 bits per heavy atom. The third kappa shape index (κ3) is 3.52. The molecule has 0 unspecified atom stereocenters. The van der Waals surface area contributed by atoms with Crippen LogP contribution in [-0.4, -0.2) is 31.0 Å². The summed E-state index contributed by atoms with van der Waals surface area (Å²) < 4.78 is 35.4. The summed E-state index contributed by atoms with van der Waals surface area (Å²) in [5.41, 5.74) is 0.0866. The first-order valence-electron chi connectivity index (χ1n) is 3.72. The van der Waals surface area contributed by atoms with E-state index in [4.69, 9.17) is 4.55 Å². The summed E-state index contributed by atoms with van der Waals surface area (Å²) in [4.78, 5) is 14.6. The molecule has 1 aromatic heterocycles. The molecule has 0 saturated heterocycles. The second-order valence-electron chi connectivity index (χ2n) is 2.50. The molecule has 0 fully saturated rings. The zero-order valence-corrected chi connectivity index (χ0v) is 8.48. The second-order valence-corrected chi connectivity index (χ2v) is 3.66. The van der Waals surface area contributed by atoms with Gasteiger partial charge in [-0.2, -0.15) is 8.42 Å². The predicted molar refractivity (Wildman–Crippen MR) is 50.7 cm³/mol. The number of aromatic nitrogens is 1. The molecule has 2 N–H and O–H groups in total. The van der Waals surface area contributed by atoms with Crippen LogP contribution in [0.1, 0.15) is 10.5 Å². The fraction of sp³-hybridized carbons (Fsp3) is 0.143. The van der Waals surface area contributed by atoms with Crippen LogP contribution < -0.4 is 4.72 Å². The highest BCUT2D eigenvalue weighted by molar-refractivity contribution is 7.87. The third-order valence-corrected chi connectivity index (χ3v) is 1.90. The van der Waals surface area contributed by atoms with Gasteiger partial charge in [0, 0.05) is 0 Å². The zero-order valence-electron chi connectivity index (χ0n) is 7.67. The number of ether oxygens (including phenoxy) is 1. The molecule has 82 valence electrons. The van der Waals surface area contributed by atoms with Crippen LogP contribution in [0.2, 0.25) is 0 Å². The van der Waals surface area contributed by atoms with E-state index < -0.39 is 16.3 Å². The normalized spacial score (nSPS) is 10.8. The SMILES string of the molecule is COC(=O)c1ccc(NS(=O)(=O)O)cn1. The van der Waals surface area contributed by atoms with Gasteiger partial charge in [0.15, 0.2) is 0 Å². The summed E-state index contributed by atoms with van der Waals surface area (Å²) >= 11 is 0. The molecule has 0 radical (unpaired) electrons. The van der Waals surface area contributed by atoms with Gasteiger partial charge in [-0.3, -0.25) is 9.27 Å². The minimum absolute atomic E-state index is 0.0402.